The van der Waals surface area contributed by atoms with Crippen LogP contribution in [0.1, 0.15) is 17.6 Å². The molecule has 154 valence electrons. The number of benzene rings is 1. The van der Waals surface area contributed by atoms with Crippen LogP contribution in [0.25, 0.3) is 22.4 Å². The van der Waals surface area contributed by atoms with E-state index in [4.69, 9.17) is 4.42 Å². The van der Waals surface area contributed by atoms with E-state index in [-0.39, 0.29) is 11.8 Å². The van der Waals surface area contributed by atoms with Crippen LogP contribution in [0.4, 0.5) is 11.4 Å². The van der Waals surface area contributed by atoms with Crippen molar-refractivity contribution in [1.29, 1.82) is 0 Å². The molecule has 0 radical (unpaired) electrons. The molecule has 0 aliphatic carbocycles. The van der Waals surface area contributed by atoms with Gasteiger partial charge in [0, 0.05) is 43.4 Å². The van der Waals surface area contributed by atoms with Crippen molar-refractivity contribution in [3.8, 4) is 11.5 Å². The van der Waals surface area contributed by atoms with Crippen molar-refractivity contribution >= 4 is 28.2 Å². The van der Waals surface area contributed by atoms with Gasteiger partial charge < -0.3 is 24.9 Å². The molecule has 4 rings (SSSR count). The molecule has 3 aromatic heterocycles. The minimum Gasteiger partial charge on any atom is -0.412 e. The molecule has 0 saturated carbocycles. The maximum atomic E-state index is 12.7. The van der Waals surface area contributed by atoms with Crippen molar-refractivity contribution in [3.63, 3.8) is 0 Å². The average molecular weight is 405 g/mol. The Morgan fingerprint density at radius 2 is 2.10 bits per heavy atom. The molecule has 0 bridgehead atoms. The van der Waals surface area contributed by atoms with Crippen LogP contribution in [0.15, 0.2) is 53.3 Å². The summed E-state index contributed by atoms with van der Waals surface area (Å²) in [7, 11) is 1.96. The summed E-state index contributed by atoms with van der Waals surface area (Å²) in [6.45, 7) is 4.59. The Hall–Kier alpha value is -3.72. The van der Waals surface area contributed by atoms with E-state index in [1.807, 2.05) is 42.3 Å². The lowest BCUT2D eigenvalue weighted by atomic mass is 10.2. The predicted molar refractivity (Wildman–Crippen MR) is 116 cm³/mol. The summed E-state index contributed by atoms with van der Waals surface area (Å²) in [6, 6.07) is 9.64. The predicted octanol–water partition coefficient (Wildman–Crippen LogP) is 2.91. The number of rotatable bonds is 8. The highest BCUT2D eigenvalue weighted by Gasteiger charge is 2.19. The number of nitrogens with zero attached hydrogens (tertiary/aromatic N) is 4. The minimum atomic E-state index is -0.483. The van der Waals surface area contributed by atoms with Gasteiger partial charge >= 0.3 is 11.8 Å². The molecular weight excluding hydrogens is 382 g/mol. The van der Waals surface area contributed by atoms with E-state index in [1.54, 1.807) is 18.6 Å². The first-order chi connectivity index (χ1) is 14.7. The number of carbonyl (C=O) groups is 1. The zero-order valence-corrected chi connectivity index (χ0v) is 16.8. The fourth-order valence-electron chi connectivity index (χ4n) is 3.21. The molecule has 0 spiro atoms. The molecule has 0 fully saturated rings. The second-order valence-electron chi connectivity index (χ2n) is 6.78. The molecule has 0 unspecified atom stereocenters. The van der Waals surface area contributed by atoms with Crippen molar-refractivity contribution in [2.75, 3.05) is 36.9 Å². The molecule has 0 aliphatic rings. The first-order valence-electron chi connectivity index (χ1n) is 9.74. The Labute approximate surface area is 173 Å². The number of hydrogen-bond donors (Lipinski definition) is 3. The quantitative estimate of drug-likeness (QED) is 0.386. The highest BCUT2D eigenvalue weighted by Crippen LogP contribution is 2.28. The van der Waals surface area contributed by atoms with Crippen LogP contribution in [-0.4, -0.2) is 52.8 Å². The number of para-hydroxylation sites is 1. The summed E-state index contributed by atoms with van der Waals surface area (Å²) in [6.07, 6.45) is 5.09. The van der Waals surface area contributed by atoms with E-state index < -0.39 is 5.91 Å². The zero-order valence-electron chi connectivity index (χ0n) is 16.8. The number of amides is 1. The van der Waals surface area contributed by atoms with E-state index in [9.17, 15) is 4.79 Å². The van der Waals surface area contributed by atoms with Crippen molar-refractivity contribution in [1.82, 2.24) is 25.5 Å². The first kappa shape index (κ1) is 19.6. The molecule has 3 N–H and O–H groups in total. The van der Waals surface area contributed by atoms with Crippen LogP contribution in [0.3, 0.4) is 0 Å². The maximum Gasteiger partial charge on any atom is 0.313 e. The monoisotopic (exact) mass is 405 g/mol. The minimum absolute atomic E-state index is 0.111. The smallest absolute Gasteiger partial charge is 0.313 e. The summed E-state index contributed by atoms with van der Waals surface area (Å²) in [4.78, 5) is 22.1. The van der Waals surface area contributed by atoms with E-state index in [1.165, 1.54) is 0 Å². The third-order valence-corrected chi connectivity index (χ3v) is 4.77. The summed E-state index contributed by atoms with van der Waals surface area (Å²) < 4.78 is 5.65. The molecule has 1 aromatic carbocycles. The second-order valence-corrected chi connectivity index (χ2v) is 6.78. The van der Waals surface area contributed by atoms with Gasteiger partial charge in [0.15, 0.2) is 0 Å². The normalized spacial score (nSPS) is 11.0. The van der Waals surface area contributed by atoms with Crippen LogP contribution in [-0.2, 0) is 0 Å². The highest BCUT2D eigenvalue weighted by molar-refractivity contribution is 6.03. The third-order valence-electron chi connectivity index (χ3n) is 4.77. The summed E-state index contributed by atoms with van der Waals surface area (Å²) in [5.41, 5.74) is 3.14. The van der Waals surface area contributed by atoms with Crippen LogP contribution in [0, 0.1) is 0 Å². The summed E-state index contributed by atoms with van der Waals surface area (Å²) in [5, 5.41) is 15.0. The Balaban J connectivity index is 1.52. The molecule has 1 amide bonds. The number of carbonyl (C=O) groups excluding carboxylic acids is 1. The molecule has 0 aliphatic heterocycles. The van der Waals surface area contributed by atoms with Gasteiger partial charge in [0.05, 0.1) is 23.1 Å². The lowest BCUT2D eigenvalue weighted by molar-refractivity contribution is 0.0991. The molecule has 0 saturated heterocycles. The number of anilines is 2. The lowest BCUT2D eigenvalue weighted by Gasteiger charge is -2.22. The Bertz CT molecular complexity index is 1150. The zero-order chi connectivity index (χ0) is 20.9. The van der Waals surface area contributed by atoms with E-state index in [0.717, 1.165) is 41.8 Å². The largest absolute Gasteiger partial charge is 0.412 e. The van der Waals surface area contributed by atoms with Gasteiger partial charge in [-0.25, -0.2) is 0 Å². The van der Waals surface area contributed by atoms with Crippen molar-refractivity contribution < 1.29 is 9.21 Å². The second kappa shape index (κ2) is 8.75. The van der Waals surface area contributed by atoms with Crippen LogP contribution < -0.4 is 15.5 Å². The van der Waals surface area contributed by atoms with Gasteiger partial charge in [0.25, 0.3) is 5.89 Å². The number of hydrogen-bond acceptors (Lipinski definition) is 7. The number of nitrogens with one attached hydrogen (secondary N) is 3. The Kier molecular flexibility index (Phi) is 5.71. The van der Waals surface area contributed by atoms with Crippen molar-refractivity contribution in [2.24, 2.45) is 0 Å². The lowest BCUT2D eigenvalue weighted by Crippen LogP contribution is -2.29. The number of H-pyrrole nitrogens is 1. The van der Waals surface area contributed by atoms with E-state index in [2.05, 4.69) is 37.7 Å². The van der Waals surface area contributed by atoms with Gasteiger partial charge in [-0.15, -0.1) is 10.2 Å². The Morgan fingerprint density at radius 3 is 2.97 bits per heavy atom. The number of fused-ring (bicyclic) bond motifs is 1. The van der Waals surface area contributed by atoms with Crippen molar-refractivity contribution in [2.45, 2.75) is 6.92 Å². The molecule has 9 heteroatoms. The van der Waals surface area contributed by atoms with Gasteiger partial charge in [-0.05, 0) is 18.7 Å². The number of aromatic nitrogens is 4. The molecule has 3 heterocycles. The van der Waals surface area contributed by atoms with Gasteiger partial charge in [-0.3, -0.25) is 9.78 Å². The van der Waals surface area contributed by atoms with Crippen LogP contribution >= 0.6 is 0 Å². The molecule has 30 heavy (non-hydrogen) atoms. The summed E-state index contributed by atoms with van der Waals surface area (Å²) >= 11 is 0. The highest BCUT2D eigenvalue weighted by atomic mass is 16.4. The molecule has 0 atom stereocenters. The first-order valence-corrected chi connectivity index (χ1v) is 9.74. The fourth-order valence-corrected chi connectivity index (χ4v) is 3.21. The molecular formula is C21H23N7O2. The van der Waals surface area contributed by atoms with E-state index in [0.29, 0.717) is 5.69 Å². The third kappa shape index (κ3) is 4.01. The maximum absolute atomic E-state index is 12.7. The van der Waals surface area contributed by atoms with Crippen LogP contribution in [0.5, 0.6) is 0 Å². The van der Waals surface area contributed by atoms with Gasteiger partial charge in [-0.2, -0.15) is 0 Å². The number of aromatic amines is 1. The van der Waals surface area contributed by atoms with Gasteiger partial charge in [0.2, 0.25) is 0 Å². The molecule has 9 nitrogen and oxygen atoms in total. The summed E-state index contributed by atoms with van der Waals surface area (Å²) in [5.74, 6) is -0.310. The SMILES string of the molecule is CCNCCN(C)c1ccncc1NC(=O)c1nnc(-c2c[nH]c3ccccc23)o1. The topological polar surface area (TPSA) is 112 Å². The standard InChI is InChI=1S/C21H23N7O2/c1-3-22-10-11-28(2)18-8-9-23-13-17(18)25-19(29)21-27-26-20(30-21)15-12-24-16-7-5-4-6-14(15)16/h4-9,12-13,22,24H,3,10-11H2,1-2H3,(H,25,29). The van der Waals surface area contributed by atoms with E-state index >= 15 is 0 Å². The number of pyridine rings is 1. The van der Waals surface area contributed by atoms with Gasteiger partial charge in [-0.1, -0.05) is 25.1 Å². The fraction of sp³-hybridized carbons (Fsp3) is 0.238. The average Bonchev–Trinajstić information content (AvgIpc) is 3.41. The number of likely N-dealkylation sites (N-methyl/N-ethyl adjacent to an activating group) is 2. The van der Waals surface area contributed by atoms with Crippen molar-refractivity contribution in [3.05, 3.63) is 54.8 Å². The molecule has 4 aromatic rings. The van der Waals surface area contributed by atoms with Crippen LogP contribution in [0.2, 0.25) is 0 Å². The Morgan fingerprint density at radius 1 is 1.23 bits per heavy atom. The van der Waals surface area contributed by atoms with Gasteiger partial charge in [0.1, 0.15) is 0 Å².